The number of ether oxygens (including phenoxy) is 3. The topological polar surface area (TPSA) is 245 Å². The lowest BCUT2D eigenvalue weighted by atomic mass is 10.0. The van der Waals surface area contributed by atoms with Gasteiger partial charge < -0.3 is 45.9 Å². The van der Waals surface area contributed by atoms with Gasteiger partial charge in [0.1, 0.15) is 24.4 Å². The highest BCUT2D eigenvalue weighted by Crippen LogP contribution is 2.24. The highest BCUT2D eigenvalue weighted by atomic mass is 16.5. The number of primary amides is 1. The minimum Gasteiger partial charge on any atom is -0.480 e. The molecule has 0 bridgehead atoms. The van der Waals surface area contributed by atoms with Crippen molar-refractivity contribution in [3.05, 3.63) is 0 Å². The van der Waals surface area contributed by atoms with Crippen molar-refractivity contribution in [2.24, 2.45) is 17.6 Å². The quantitative estimate of drug-likeness (QED) is 0.105. The minimum absolute atomic E-state index is 0.0573. The first-order valence-electron chi connectivity index (χ1n) is 16.3. The molecule has 0 spiro atoms. The Morgan fingerprint density at radius 1 is 1.08 bits per heavy atom. The number of carboxylic acid groups (broad SMARTS) is 1. The summed E-state index contributed by atoms with van der Waals surface area (Å²) in [7, 11) is 0. The maximum absolute atomic E-state index is 13.8. The van der Waals surface area contributed by atoms with Crippen LogP contribution in [-0.4, -0.2) is 120 Å². The van der Waals surface area contributed by atoms with Gasteiger partial charge in [-0.1, -0.05) is 41.0 Å². The van der Waals surface area contributed by atoms with Gasteiger partial charge in [0.15, 0.2) is 0 Å². The van der Waals surface area contributed by atoms with Crippen molar-refractivity contribution in [1.82, 2.24) is 26.2 Å². The number of Topliss-reactive ketones (excluding diaryl/α,β-unsaturated/α-hetero) is 1. The Morgan fingerprint density at radius 2 is 1.75 bits per heavy atom. The molecule has 0 aliphatic carbocycles. The first kappa shape index (κ1) is 40.3. The van der Waals surface area contributed by atoms with E-state index in [9.17, 15) is 33.6 Å². The van der Waals surface area contributed by atoms with Crippen LogP contribution in [-0.2, 0) is 43.0 Å². The Kier molecular flexibility index (Phi) is 15.2. The fraction of sp³-hybridized carbons (Fsp3) is 0.774. The maximum Gasteiger partial charge on any atom is 0.407 e. The second kappa shape index (κ2) is 18.1. The molecule has 0 aromatic carbocycles. The first-order chi connectivity index (χ1) is 22.4. The summed E-state index contributed by atoms with van der Waals surface area (Å²) in [5.74, 6) is -5.50. The summed E-state index contributed by atoms with van der Waals surface area (Å²) in [6.45, 7) is 11.3. The summed E-state index contributed by atoms with van der Waals surface area (Å²) in [6, 6.07) is -4.25. The number of carbonyl (C=O) groups is 7. The molecule has 2 rings (SSSR count). The fourth-order valence-corrected chi connectivity index (χ4v) is 5.59. The Hall–Kier alpha value is -3.83. The van der Waals surface area contributed by atoms with Gasteiger partial charge in [0.05, 0.1) is 37.4 Å². The van der Waals surface area contributed by atoms with Crippen LogP contribution in [0.4, 0.5) is 4.79 Å². The molecular weight excluding hydrogens is 632 g/mol. The number of carboxylic acids is 1. The van der Waals surface area contributed by atoms with Crippen LogP contribution in [0.25, 0.3) is 0 Å². The highest BCUT2D eigenvalue weighted by Gasteiger charge is 2.45. The molecule has 2 aliphatic heterocycles. The third-order valence-electron chi connectivity index (χ3n) is 7.92. The summed E-state index contributed by atoms with van der Waals surface area (Å²) in [4.78, 5) is 90.3. The van der Waals surface area contributed by atoms with Crippen LogP contribution in [0.2, 0.25) is 0 Å². The van der Waals surface area contributed by atoms with Crippen molar-refractivity contribution in [1.29, 1.82) is 0 Å². The third kappa shape index (κ3) is 12.0. The molecule has 2 aliphatic rings. The fourth-order valence-electron chi connectivity index (χ4n) is 5.59. The third-order valence-corrected chi connectivity index (χ3v) is 7.92. The number of nitrogens with zero attached hydrogens (tertiary/aromatic N) is 1. The van der Waals surface area contributed by atoms with Crippen molar-refractivity contribution >= 4 is 41.5 Å². The van der Waals surface area contributed by atoms with Gasteiger partial charge in [0, 0.05) is 13.0 Å². The number of ketones is 1. The molecule has 0 aromatic rings. The lowest BCUT2D eigenvalue weighted by molar-refractivity contribution is -0.154. The van der Waals surface area contributed by atoms with Crippen molar-refractivity contribution in [3.63, 3.8) is 0 Å². The summed E-state index contributed by atoms with van der Waals surface area (Å²) in [6.07, 6.45) is -1.24. The van der Waals surface area contributed by atoms with Crippen LogP contribution in [0.15, 0.2) is 0 Å². The number of carbonyl (C=O) groups excluding carboxylic acids is 6. The number of aliphatic carboxylic acids is 1. The maximum atomic E-state index is 13.8. The van der Waals surface area contributed by atoms with Gasteiger partial charge in [-0.25, -0.2) is 9.59 Å². The summed E-state index contributed by atoms with van der Waals surface area (Å²) >= 11 is 0. The van der Waals surface area contributed by atoms with Crippen LogP contribution in [0.3, 0.4) is 0 Å². The van der Waals surface area contributed by atoms with Crippen LogP contribution < -0.4 is 27.0 Å². The van der Waals surface area contributed by atoms with E-state index >= 15 is 0 Å². The van der Waals surface area contributed by atoms with E-state index in [0.29, 0.717) is 12.8 Å². The van der Waals surface area contributed by atoms with Gasteiger partial charge in [-0.2, -0.15) is 0 Å². The van der Waals surface area contributed by atoms with E-state index in [-0.39, 0.29) is 44.6 Å². The van der Waals surface area contributed by atoms with E-state index in [1.54, 1.807) is 34.6 Å². The number of hydrogen-bond acceptors (Lipinski definition) is 11. The summed E-state index contributed by atoms with van der Waals surface area (Å²) in [5, 5.41) is 19.7. The molecule has 272 valence electrons. The molecule has 7 N–H and O–H groups in total. The Bertz CT molecular complexity index is 1200. The van der Waals surface area contributed by atoms with Crippen molar-refractivity contribution in [2.45, 2.75) is 116 Å². The minimum atomic E-state index is -1.26. The first-order valence-corrected chi connectivity index (χ1v) is 16.3. The van der Waals surface area contributed by atoms with E-state index < -0.39 is 90.0 Å². The Morgan fingerprint density at radius 3 is 2.31 bits per heavy atom. The Labute approximate surface area is 280 Å². The second-order valence-corrected chi connectivity index (χ2v) is 13.3. The van der Waals surface area contributed by atoms with Crippen molar-refractivity contribution < 1.29 is 52.9 Å². The summed E-state index contributed by atoms with van der Waals surface area (Å²) < 4.78 is 16.4. The average Bonchev–Trinajstić information content (AvgIpc) is 3.43. The largest absolute Gasteiger partial charge is 0.480 e. The molecule has 2 fully saturated rings. The van der Waals surface area contributed by atoms with Gasteiger partial charge in [-0.15, -0.1) is 0 Å². The van der Waals surface area contributed by atoms with E-state index in [4.69, 9.17) is 25.1 Å². The molecular formula is C31H52N6O11. The van der Waals surface area contributed by atoms with Crippen molar-refractivity contribution in [3.8, 4) is 0 Å². The molecule has 2 heterocycles. The molecule has 17 nitrogen and oxygen atoms in total. The number of nitrogens with one attached hydrogen (secondary N) is 4. The van der Waals surface area contributed by atoms with E-state index in [2.05, 4.69) is 21.3 Å². The normalized spacial score (nSPS) is 25.2. The number of hydrogen-bond donors (Lipinski definition) is 6. The lowest BCUT2D eigenvalue weighted by Crippen LogP contribution is -2.65. The number of rotatable bonds is 17. The van der Waals surface area contributed by atoms with Crippen LogP contribution in [0.1, 0.15) is 74.1 Å². The average molecular weight is 685 g/mol. The number of amides is 5. The van der Waals surface area contributed by atoms with Crippen molar-refractivity contribution in [2.75, 3.05) is 26.3 Å². The van der Waals surface area contributed by atoms with Crippen LogP contribution in [0.5, 0.6) is 0 Å². The predicted molar refractivity (Wildman–Crippen MR) is 170 cm³/mol. The van der Waals surface area contributed by atoms with Gasteiger partial charge in [-0.3, -0.25) is 29.3 Å². The van der Waals surface area contributed by atoms with Crippen LogP contribution >= 0.6 is 0 Å². The number of likely N-dealkylation sites (tertiary alicyclic amines) is 1. The van der Waals surface area contributed by atoms with E-state index in [1.165, 1.54) is 4.90 Å². The molecule has 48 heavy (non-hydrogen) atoms. The molecule has 17 heteroatoms. The lowest BCUT2D eigenvalue weighted by Gasteiger charge is -2.41. The molecule has 0 saturated carbocycles. The molecule has 2 saturated heterocycles. The monoisotopic (exact) mass is 684 g/mol. The van der Waals surface area contributed by atoms with Crippen LogP contribution in [0, 0.1) is 11.8 Å². The standard InChI is InChI=1S/C31H52N6O11/c1-8-9-20(25(40)28(43)33-15-31(7)36-21(26(32)41)10-18(6)48-31)34-27(42)22-11-19(46-14-23(38)39)12-37(22)29(44)24(17(4)5)35-30(45)47-13-16(2)3/h16-22,24,36H,8-15H2,1-7H3,(H2,32,41)(H,33,43)(H,34,42)(H,35,45)(H,38,39)/t18?,19-,20?,21?,22+,24?,31?/m1/s1. The molecule has 7 atom stereocenters. The van der Waals surface area contributed by atoms with Gasteiger partial charge in [0.2, 0.25) is 23.5 Å². The van der Waals surface area contributed by atoms with Gasteiger partial charge in [0.25, 0.3) is 5.91 Å². The number of alkyl carbamates (subject to hydrolysis) is 1. The molecule has 5 amide bonds. The van der Waals surface area contributed by atoms with E-state index in [0.717, 1.165) is 0 Å². The zero-order valence-electron chi connectivity index (χ0n) is 28.8. The smallest absolute Gasteiger partial charge is 0.407 e. The van der Waals surface area contributed by atoms with E-state index in [1.807, 2.05) is 13.8 Å². The molecule has 0 radical (unpaired) electrons. The predicted octanol–water partition coefficient (Wildman–Crippen LogP) is -0.597. The van der Waals surface area contributed by atoms with Gasteiger partial charge in [-0.05, 0) is 38.5 Å². The highest BCUT2D eigenvalue weighted by molar-refractivity contribution is 6.38. The Balaban J connectivity index is 2.21. The SMILES string of the molecule is CCCC(NC(=O)[C@@H]1C[C@@H](OCC(=O)O)CN1C(=O)C(NC(=O)OCC(C)C)C(C)C)C(=O)C(=O)NCC1(C)NC(C(N)=O)CC(C)O1. The zero-order valence-corrected chi connectivity index (χ0v) is 28.8. The molecule has 0 aromatic heterocycles. The van der Waals surface area contributed by atoms with Gasteiger partial charge >= 0.3 is 12.1 Å². The summed E-state index contributed by atoms with van der Waals surface area (Å²) in [5.41, 5.74) is 4.25. The zero-order chi connectivity index (χ0) is 36.3. The molecule has 5 unspecified atom stereocenters. The number of nitrogens with two attached hydrogens (primary N) is 1. The second-order valence-electron chi connectivity index (χ2n) is 13.3.